The van der Waals surface area contributed by atoms with Gasteiger partial charge in [-0.2, -0.15) is 5.26 Å². The van der Waals surface area contributed by atoms with E-state index < -0.39 is 0 Å². The minimum atomic E-state index is -0.00168. The fraction of sp³-hybridized carbons (Fsp3) is 0.500. The monoisotopic (exact) mass is 265 g/mol. The fourth-order valence-corrected chi connectivity index (χ4v) is 2.28. The third-order valence-electron chi connectivity index (χ3n) is 3.03. The Morgan fingerprint density at radius 2 is 2.22 bits per heavy atom. The summed E-state index contributed by atoms with van der Waals surface area (Å²) < 4.78 is 0. The highest BCUT2D eigenvalue weighted by atomic mass is 35.5. The summed E-state index contributed by atoms with van der Waals surface area (Å²) in [6.45, 7) is 6.11. The van der Waals surface area contributed by atoms with Gasteiger partial charge in [-0.25, -0.2) is 0 Å². The second-order valence-electron chi connectivity index (χ2n) is 4.42. The van der Waals surface area contributed by atoms with E-state index in [1.807, 2.05) is 31.2 Å². The number of hydrogen-bond acceptors (Lipinski definition) is 3. The molecule has 1 rings (SSSR count). The molecule has 18 heavy (non-hydrogen) atoms. The Kier molecular flexibility index (Phi) is 6.14. The van der Waals surface area contributed by atoms with Gasteiger partial charge in [0.05, 0.1) is 12.0 Å². The number of nitrogens with two attached hydrogens (primary N) is 1. The third-order valence-corrected chi connectivity index (χ3v) is 3.27. The van der Waals surface area contributed by atoms with Gasteiger partial charge in [0.2, 0.25) is 0 Å². The number of halogens is 1. The van der Waals surface area contributed by atoms with Crippen molar-refractivity contribution in [1.82, 2.24) is 4.90 Å². The maximum Gasteiger partial charge on any atom is 0.0666 e. The highest BCUT2D eigenvalue weighted by molar-refractivity contribution is 6.30. The van der Waals surface area contributed by atoms with E-state index in [2.05, 4.69) is 17.9 Å². The molecule has 0 aliphatic heterocycles. The molecule has 0 spiro atoms. The molecular formula is C14H20ClN3. The minimum absolute atomic E-state index is 0.00168. The lowest BCUT2D eigenvalue weighted by Crippen LogP contribution is -2.36. The quantitative estimate of drug-likeness (QED) is 0.861. The van der Waals surface area contributed by atoms with Crippen LogP contribution in [0, 0.1) is 17.2 Å². The Balaban J connectivity index is 2.90. The molecule has 0 saturated carbocycles. The van der Waals surface area contributed by atoms with E-state index in [4.69, 9.17) is 22.6 Å². The van der Waals surface area contributed by atoms with Crippen molar-refractivity contribution in [2.24, 2.45) is 11.7 Å². The van der Waals surface area contributed by atoms with Gasteiger partial charge >= 0.3 is 0 Å². The second-order valence-corrected chi connectivity index (χ2v) is 4.86. The van der Waals surface area contributed by atoms with Gasteiger partial charge in [0.1, 0.15) is 0 Å². The molecule has 2 N–H and O–H groups in total. The van der Waals surface area contributed by atoms with E-state index in [0.717, 1.165) is 23.7 Å². The van der Waals surface area contributed by atoms with Gasteiger partial charge in [-0.05, 0) is 31.2 Å². The van der Waals surface area contributed by atoms with Gasteiger partial charge in [0, 0.05) is 24.2 Å². The van der Waals surface area contributed by atoms with Crippen LogP contribution in [0.25, 0.3) is 0 Å². The lowest BCUT2D eigenvalue weighted by molar-refractivity contribution is 0.198. The Morgan fingerprint density at radius 1 is 1.50 bits per heavy atom. The van der Waals surface area contributed by atoms with Gasteiger partial charge in [0.25, 0.3) is 0 Å². The standard InChI is InChI=1S/C14H20ClN3/c1-3-18(10-11(2)8-16)14(9-17)12-5-4-6-13(15)7-12/h4-7,11,14H,3,9-10,17H2,1-2H3. The van der Waals surface area contributed by atoms with Gasteiger partial charge in [-0.3, -0.25) is 4.90 Å². The second kappa shape index (κ2) is 7.38. The van der Waals surface area contributed by atoms with E-state index in [1.54, 1.807) is 0 Å². The lowest BCUT2D eigenvalue weighted by atomic mass is 10.0. The van der Waals surface area contributed by atoms with Crippen LogP contribution >= 0.6 is 11.6 Å². The summed E-state index contributed by atoms with van der Waals surface area (Å²) in [5, 5.41) is 9.64. The minimum Gasteiger partial charge on any atom is -0.329 e. The fourth-order valence-electron chi connectivity index (χ4n) is 2.08. The lowest BCUT2D eigenvalue weighted by Gasteiger charge is -2.31. The molecule has 2 atom stereocenters. The molecule has 4 heteroatoms. The summed E-state index contributed by atoms with van der Waals surface area (Å²) in [6.07, 6.45) is 0. The van der Waals surface area contributed by atoms with Gasteiger partial charge < -0.3 is 5.73 Å². The summed E-state index contributed by atoms with van der Waals surface area (Å²) in [5.41, 5.74) is 6.99. The topological polar surface area (TPSA) is 53.0 Å². The third kappa shape index (κ3) is 3.99. The summed E-state index contributed by atoms with van der Waals surface area (Å²) in [6, 6.07) is 10.1. The number of nitriles is 1. The number of benzene rings is 1. The van der Waals surface area contributed by atoms with Crippen LogP contribution in [0.15, 0.2) is 24.3 Å². The molecule has 1 aromatic rings. The molecule has 3 nitrogen and oxygen atoms in total. The summed E-state index contributed by atoms with van der Waals surface area (Å²) in [4.78, 5) is 2.22. The predicted molar refractivity (Wildman–Crippen MR) is 75.3 cm³/mol. The Hall–Kier alpha value is -1.08. The van der Waals surface area contributed by atoms with E-state index in [-0.39, 0.29) is 12.0 Å². The smallest absolute Gasteiger partial charge is 0.0666 e. The van der Waals surface area contributed by atoms with Crippen molar-refractivity contribution in [3.63, 3.8) is 0 Å². The van der Waals surface area contributed by atoms with Crippen molar-refractivity contribution in [3.8, 4) is 6.07 Å². The molecule has 0 bridgehead atoms. The molecule has 2 unspecified atom stereocenters. The van der Waals surface area contributed by atoms with Crippen LogP contribution in [0.5, 0.6) is 0 Å². The number of hydrogen-bond donors (Lipinski definition) is 1. The zero-order valence-electron chi connectivity index (χ0n) is 10.9. The normalized spacial score (nSPS) is 14.2. The van der Waals surface area contributed by atoms with Crippen LogP contribution < -0.4 is 5.73 Å². The number of rotatable bonds is 6. The first-order chi connectivity index (χ1) is 8.62. The first-order valence-corrected chi connectivity index (χ1v) is 6.59. The molecule has 0 saturated heterocycles. The van der Waals surface area contributed by atoms with Crippen LogP contribution in [-0.2, 0) is 0 Å². The molecule has 0 aliphatic rings. The Bertz CT molecular complexity index is 414. The van der Waals surface area contributed by atoms with Crippen LogP contribution in [0.3, 0.4) is 0 Å². The largest absolute Gasteiger partial charge is 0.329 e. The van der Waals surface area contributed by atoms with Crippen molar-refractivity contribution >= 4 is 11.6 Å². The van der Waals surface area contributed by atoms with Crippen LogP contribution in [0.1, 0.15) is 25.5 Å². The molecular weight excluding hydrogens is 246 g/mol. The SMILES string of the molecule is CCN(CC(C)C#N)C(CN)c1cccc(Cl)c1. The highest BCUT2D eigenvalue weighted by Crippen LogP contribution is 2.23. The molecule has 1 aromatic carbocycles. The summed E-state index contributed by atoms with van der Waals surface area (Å²) >= 11 is 6.02. The highest BCUT2D eigenvalue weighted by Gasteiger charge is 2.19. The van der Waals surface area contributed by atoms with E-state index >= 15 is 0 Å². The average molecular weight is 266 g/mol. The summed E-state index contributed by atoms with van der Waals surface area (Å²) in [5.74, 6) is -0.00168. The van der Waals surface area contributed by atoms with Crippen molar-refractivity contribution in [1.29, 1.82) is 5.26 Å². The zero-order valence-corrected chi connectivity index (χ0v) is 11.7. The first kappa shape index (κ1) is 15.0. The molecule has 0 amide bonds. The van der Waals surface area contributed by atoms with Gasteiger partial charge in [0.15, 0.2) is 0 Å². The average Bonchev–Trinajstić information content (AvgIpc) is 2.38. The predicted octanol–water partition coefficient (Wildman–Crippen LogP) is 2.82. The Labute approximate surface area is 114 Å². The van der Waals surface area contributed by atoms with Crippen molar-refractivity contribution in [2.45, 2.75) is 19.9 Å². The zero-order chi connectivity index (χ0) is 13.5. The molecule has 0 aliphatic carbocycles. The van der Waals surface area contributed by atoms with E-state index in [9.17, 15) is 0 Å². The van der Waals surface area contributed by atoms with Gasteiger partial charge in [-0.15, -0.1) is 0 Å². The van der Waals surface area contributed by atoms with Crippen LogP contribution in [0.2, 0.25) is 5.02 Å². The first-order valence-electron chi connectivity index (χ1n) is 6.21. The molecule has 0 heterocycles. The summed E-state index contributed by atoms with van der Waals surface area (Å²) in [7, 11) is 0. The van der Waals surface area contributed by atoms with Crippen molar-refractivity contribution in [3.05, 3.63) is 34.9 Å². The molecule has 0 aromatic heterocycles. The molecule has 0 radical (unpaired) electrons. The maximum absolute atomic E-state index is 8.92. The van der Waals surface area contributed by atoms with E-state index in [1.165, 1.54) is 0 Å². The number of nitrogens with zero attached hydrogens (tertiary/aromatic N) is 2. The number of likely N-dealkylation sites (N-methyl/N-ethyl adjacent to an activating group) is 1. The van der Waals surface area contributed by atoms with Crippen LogP contribution in [0.4, 0.5) is 0 Å². The maximum atomic E-state index is 8.92. The Morgan fingerprint density at radius 3 is 2.72 bits per heavy atom. The van der Waals surface area contributed by atoms with Gasteiger partial charge in [-0.1, -0.05) is 30.7 Å². The van der Waals surface area contributed by atoms with Crippen molar-refractivity contribution < 1.29 is 0 Å². The van der Waals surface area contributed by atoms with Crippen molar-refractivity contribution in [2.75, 3.05) is 19.6 Å². The van der Waals surface area contributed by atoms with E-state index in [0.29, 0.717) is 6.54 Å². The molecule has 0 fully saturated rings. The molecule has 98 valence electrons. The van der Waals surface area contributed by atoms with Crippen LogP contribution in [-0.4, -0.2) is 24.5 Å².